The Morgan fingerprint density at radius 2 is 1.55 bits per heavy atom. The van der Waals surface area contributed by atoms with Gasteiger partial charge in [-0.2, -0.15) is 0 Å². The number of unbranched alkanes of at least 4 members (excludes halogenated alkanes) is 7. The Morgan fingerprint density at radius 3 is 2.17 bits per heavy atom. The molecule has 29 heavy (non-hydrogen) atoms. The number of Topliss-reactive ketones (excluding diaryl/α,β-unsaturated/α-hetero) is 1. The van der Waals surface area contributed by atoms with Crippen molar-refractivity contribution >= 4 is 11.8 Å². The molecular formula is C25H39NO3. The molecule has 0 bridgehead atoms. The van der Waals surface area contributed by atoms with Gasteiger partial charge in [-0.25, -0.2) is 4.79 Å². The number of nitrogens with one attached hydrogen (secondary N) is 1. The molecular weight excluding hydrogens is 362 g/mol. The second-order valence-corrected chi connectivity index (χ2v) is 8.61. The van der Waals surface area contributed by atoms with Crippen LogP contribution in [0.1, 0.15) is 101 Å². The maximum Gasteiger partial charge on any atom is 0.338 e. The minimum atomic E-state index is -0.219. The van der Waals surface area contributed by atoms with Crippen LogP contribution in [0.15, 0.2) is 30.3 Å². The first kappa shape index (κ1) is 23.6. The van der Waals surface area contributed by atoms with E-state index in [0.717, 1.165) is 25.7 Å². The van der Waals surface area contributed by atoms with Gasteiger partial charge in [0.25, 0.3) is 0 Å². The van der Waals surface area contributed by atoms with Crippen molar-refractivity contribution in [2.45, 2.75) is 109 Å². The molecule has 0 spiro atoms. The molecule has 1 N–H and O–H groups in total. The summed E-state index contributed by atoms with van der Waals surface area (Å²) in [6.07, 6.45) is 13.9. The third-order valence-electron chi connectivity index (χ3n) is 5.96. The van der Waals surface area contributed by atoms with Crippen molar-refractivity contribution < 1.29 is 14.3 Å². The molecule has 4 nitrogen and oxygen atoms in total. The number of rotatable bonds is 13. The topological polar surface area (TPSA) is 55.4 Å². The van der Waals surface area contributed by atoms with E-state index in [9.17, 15) is 9.59 Å². The summed E-state index contributed by atoms with van der Waals surface area (Å²) in [6.45, 7) is 3.81. The summed E-state index contributed by atoms with van der Waals surface area (Å²) >= 11 is 0. The predicted octanol–water partition coefficient (Wildman–Crippen LogP) is 5.84. The largest absolute Gasteiger partial charge is 0.457 e. The fraction of sp³-hybridized carbons (Fsp3) is 0.680. The van der Waals surface area contributed by atoms with Crippen molar-refractivity contribution in [3.8, 4) is 0 Å². The van der Waals surface area contributed by atoms with Crippen LogP contribution in [0.25, 0.3) is 0 Å². The molecule has 0 aromatic heterocycles. The number of carbonyl (C=O) groups excluding carboxylic acids is 2. The fourth-order valence-corrected chi connectivity index (χ4v) is 4.17. The van der Waals surface area contributed by atoms with Gasteiger partial charge in [0.2, 0.25) is 0 Å². The number of carbonyl (C=O) groups is 2. The highest BCUT2D eigenvalue weighted by atomic mass is 16.5. The van der Waals surface area contributed by atoms with Crippen LogP contribution >= 0.6 is 0 Å². The number of ketones is 1. The number of benzene rings is 1. The Morgan fingerprint density at radius 1 is 0.931 bits per heavy atom. The number of hydrogen-bond acceptors (Lipinski definition) is 4. The molecule has 0 saturated carbocycles. The van der Waals surface area contributed by atoms with Crippen molar-refractivity contribution in [3.05, 3.63) is 35.9 Å². The van der Waals surface area contributed by atoms with Crippen molar-refractivity contribution in [2.24, 2.45) is 0 Å². The van der Waals surface area contributed by atoms with Gasteiger partial charge in [0.05, 0.1) is 5.56 Å². The molecule has 0 radical (unpaired) electrons. The number of piperidine rings is 1. The first-order valence-electron chi connectivity index (χ1n) is 11.6. The van der Waals surface area contributed by atoms with E-state index in [1.165, 1.54) is 51.4 Å². The maximum atomic E-state index is 12.3. The predicted molar refractivity (Wildman–Crippen MR) is 118 cm³/mol. The van der Waals surface area contributed by atoms with Crippen LogP contribution in [0, 0.1) is 0 Å². The molecule has 4 heteroatoms. The standard InChI is InChI=1S/C25H39NO3/c1-20(27)14-10-7-5-3-4-6-8-13-17-23-18-19-24(21(2)26-23)29-25(28)22-15-11-9-12-16-22/h9,11-12,15-16,21,23-24,26H,3-8,10,13-14,17-19H2,1-2H3. The minimum absolute atomic E-state index is 0.0399. The summed E-state index contributed by atoms with van der Waals surface area (Å²) in [7, 11) is 0. The molecule has 3 unspecified atom stereocenters. The Kier molecular flexibility index (Phi) is 11.0. The van der Waals surface area contributed by atoms with Gasteiger partial charge in [0.1, 0.15) is 11.9 Å². The van der Waals surface area contributed by atoms with Crippen LogP contribution in [0.3, 0.4) is 0 Å². The summed E-state index contributed by atoms with van der Waals surface area (Å²) in [5.74, 6) is 0.0975. The Hall–Kier alpha value is -1.68. The maximum absolute atomic E-state index is 12.3. The lowest BCUT2D eigenvalue weighted by Gasteiger charge is -2.35. The normalized spacial score (nSPS) is 21.7. The second-order valence-electron chi connectivity index (χ2n) is 8.61. The van der Waals surface area contributed by atoms with Crippen LogP contribution in [-0.4, -0.2) is 29.9 Å². The molecule has 1 aliphatic rings. The van der Waals surface area contributed by atoms with Gasteiger partial charge in [-0.15, -0.1) is 0 Å². The van der Waals surface area contributed by atoms with E-state index in [1.54, 1.807) is 19.1 Å². The van der Waals surface area contributed by atoms with Gasteiger partial charge < -0.3 is 14.8 Å². The molecule has 1 fully saturated rings. The lowest BCUT2D eigenvalue weighted by molar-refractivity contribution is -0.117. The third kappa shape index (κ3) is 9.58. The molecule has 1 aliphatic heterocycles. The van der Waals surface area contributed by atoms with Crippen LogP contribution in [0.4, 0.5) is 0 Å². The first-order chi connectivity index (χ1) is 14.1. The zero-order chi connectivity index (χ0) is 20.9. The van der Waals surface area contributed by atoms with Crippen LogP contribution in [0.5, 0.6) is 0 Å². The third-order valence-corrected chi connectivity index (χ3v) is 5.96. The molecule has 2 rings (SSSR count). The molecule has 162 valence electrons. The highest BCUT2D eigenvalue weighted by Gasteiger charge is 2.29. The number of hydrogen-bond donors (Lipinski definition) is 1. The highest BCUT2D eigenvalue weighted by Crippen LogP contribution is 2.22. The second kappa shape index (κ2) is 13.5. The first-order valence-corrected chi connectivity index (χ1v) is 11.6. The van der Waals surface area contributed by atoms with E-state index in [2.05, 4.69) is 12.2 Å². The van der Waals surface area contributed by atoms with Crippen LogP contribution in [-0.2, 0) is 9.53 Å². The SMILES string of the molecule is CC(=O)CCCCCCCCCCC1CCC(OC(=O)c2ccccc2)C(C)N1. The summed E-state index contributed by atoms with van der Waals surface area (Å²) in [5, 5.41) is 3.65. The summed E-state index contributed by atoms with van der Waals surface area (Å²) in [4.78, 5) is 23.2. The monoisotopic (exact) mass is 401 g/mol. The average Bonchev–Trinajstić information content (AvgIpc) is 2.71. The van der Waals surface area contributed by atoms with E-state index >= 15 is 0 Å². The number of esters is 1. The molecule has 1 aromatic rings. The zero-order valence-electron chi connectivity index (χ0n) is 18.3. The zero-order valence-corrected chi connectivity index (χ0v) is 18.3. The van der Waals surface area contributed by atoms with Gasteiger partial charge in [-0.1, -0.05) is 63.1 Å². The van der Waals surface area contributed by atoms with E-state index < -0.39 is 0 Å². The van der Waals surface area contributed by atoms with Gasteiger partial charge in [-0.05, 0) is 51.7 Å². The summed E-state index contributed by atoms with van der Waals surface area (Å²) in [6, 6.07) is 9.99. The fourth-order valence-electron chi connectivity index (χ4n) is 4.17. The van der Waals surface area contributed by atoms with Crippen LogP contribution in [0.2, 0.25) is 0 Å². The van der Waals surface area contributed by atoms with E-state index in [0.29, 0.717) is 17.4 Å². The molecule has 1 heterocycles. The van der Waals surface area contributed by atoms with Crippen LogP contribution < -0.4 is 5.32 Å². The Bertz CT molecular complexity index is 601. The van der Waals surface area contributed by atoms with Gasteiger partial charge in [-0.3, -0.25) is 0 Å². The lowest BCUT2D eigenvalue weighted by atomic mass is 9.93. The Balaban J connectivity index is 1.50. The molecule has 3 atom stereocenters. The highest BCUT2D eigenvalue weighted by molar-refractivity contribution is 5.89. The van der Waals surface area contributed by atoms with Crippen molar-refractivity contribution in [3.63, 3.8) is 0 Å². The van der Waals surface area contributed by atoms with Crippen molar-refractivity contribution in [2.75, 3.05) is 0 Å². The molecule has 0 amide bonds. The van der Waals surface area contributed by atoms with E-state index in [-0.39, 0.29) is 18.1 Å². The van der Waals surface area contributed by atoms with Crippen molar-refractivity contribution in [1.82, 2.24) is 5.32 Å². The van der Waals surface area contributed by atoms with E-state index in [1.807, 2.05) is 18.2 Å². The van der Waals surface area contributed by atoms with Gasteiger partial charge >= 0.3 is 5.97 Å². The Labute approximate surface area is 176 Å². The smallest absolute Gasteiger partial charge is 0.338 e. The minimum Gasteiger partial charge on any atom is -0.457 e. The summed E-state index contributed by atoms with van der Waals surface area (Å²) < 4.78 is 5.73. The molecule has 1 aromatic carbocycles. The lowest BCUT2D eigenvalue weighted by Crippen LogP contribution is -2.50. The van der Waals surface area contributed by atoms with Gasteiger partial charge in [0, 0.05) is 18.5 Å². The van der Waals surface area contributed by atoms with E-state index in [4.69, 9.17) is 4.74 Å². The van der Waals surface area contributed by atoms with Crippen molar-refractivity contribution in [1.29, 1.82) is 0 Å². The molecule has 0 aliphatic carbocycles. The average molecular weight is 402 g/mol. The summed E-state index contributed by atoms with van der Waals surface area (Å²) in [5.41, 5.74) is 0.626. The molecule has 1 saturated heterocycles. The quantitative estimate of drug-likeness (QED) is 0.333. The number of ether oxygens (including phenoxy) is 1. The van der Waals surface area contributed by atoms with Gasteiger partial charge in [0.15, 0.2) is 0 Å².